The summed E-state index contributed by atoms with van der Waals surface area (Å²) in [5.41, 5.74) is 5.44. The Morgan fingerprint density at radius 3 is 2.78 bits per heavy atom. The molecule has 0 spiro atoms. The highest BCUT2D eigenvalue weighted by Gasteiger charge is 1.99. The van der Waals surface area contributed by atoms with E-state index in [1.54, 1.807) is 17.7 Å². The highest BCUT2D eigenvalue weighted by atomic mass is 32.1. The largest absolute Gasteiger partial charge is 0.370 e. The number of nitrogens with one attached hydrogen (secondary N) is 2. The molecule has 2 rings (SSSR count). The molecule has 18 heavy (non-hydrogen) atoms. The highest BCUT2D eigenvalue weighted by Crippen LogP contribution is 2.13. The van der Waals surface area contributed by atoms with Gasteiger partial charge in [-0.15, -0.1) is 11.3 Å². The summed E-state index contributed by atoms with van der Waals surface area (Å²) in [5, 5.41) is 8.55. The maximum Gasteiger partial charge on any atom is 0.131 e. The fraction of sp³-hybridized carbons (Fsp3) is 0.333. The Morgan fingerprint density at radius 2 is 2.06 bits per heavy atom. The molecule has 5 nitrogen and oxygen atoms in total. The van der Waals surface area contributed by atoms with Crippen LogP contribution in [0.15, 0.2) is 29.9 Å². The Morgan fingerprint density at radius 1 is 1.22 bits per heavy atom. The van der Waals surface area contributed by atoms with Gasteiger partial charge in [-0.1, -0.05) is 6.07 Å². The van der Waals surface area contributed by atoms with Crippen LogP contribution < -0.4 is 16.4 Å². The quantitative estimate of drug-likeness (QED) is 0.665. The first kappa shape index (κ1) is 12.8. The van der Waals surface area contributed by atoms with Gasteiger partial charge in [0, 0.05) is 17.5 Å². The van der Waals surface area contributed by atoms with Crippen molar-refractivity contribution in [1.82, 2.24) is 9.97 Å². The number of aromatic nitrogens is 2. The molecule has 2 heterocycles. The van der Waals surface area contributed by atoms with E-state index in [0.717, 1.165) is 31.1 Å². The molecule has 0 fully saturated rings. The van der Waals surface area contributed by atoms with Crippen LogP contribution >= 0.6 is 11.3 Å². The van der Waals surface area contributed by atoms with Gasteiger partial charge in [0.15, 0.2) is 0 Å². The van der Waals surface area contributed by atoms with Gasteiger partial charge < -0.3 is 16.4 Å². The van der Waals surface area contributed by atoms with E-state index < -0.39 is 0 Å². The maximum atomic E-state index is 5.44. The van der Waals surface area contributed by atoms with Gasteiger partial charge in [0.05, 0.1) is 6.54 Å². The van der Waals surface area contributed by atoms with Crippen molar-refractivity contribution in [1.29, 1.82) is 0 Å². The smallest absolute Gasteiger partial charge is 0.131 e. The van der Waals surface area contributed by atoms with Crippen LogP contribution in [0.5, 0.6) is 0 Å². The number of hydrogen-bond acceptors (Lipinski definition) is 6. The predicted molar refractivity (Wildman–Crippen MR) is 75.8 cm³/mol. The second-order valence-corrected chi connectivity index (χ2v) is 4.82. The lowest BCUT2D eigenvalue weighted by Gasteiger charge is -2.07. The number of nitrogens with two attached hydrogens (primary N) is 1. The molecule has 0 bridgehead atoms. The first-order valence-corrected chi connectivity index (χ1v) is 6.78. The van der Waals surface area contributed by atoms with Crippen molar-refractivity contribution in [3.63, 3.8) is 0 Å². The standard InChI is InChI=1S/C12H17N5S/c13-4-2-5-14-11-7-12(17-9-16-11)15-8-10-3-1-6-18-10/h1,3,6-7,9H,2,4-5,8,13H2,(H2,14,15,16,17). The zero-order valence-corrected chi connectivity index (χ0v) is 10.9. The van der Waals surface area contributed by atoms with E-state index in [0.29, 0.717) is 6.54 Å². The molecule has 6 heteroatoms. The van der Waals surface area contributed by atoms with E-state index in [9.17, 15) is 0 Å². The van der Waals surface area contributed by atoms with Crippen LogP contribution in [0.3, 0.4) is 0 Å². The number of thiophene rings is 1. The van der Waals surface area contributed by atoms with Crippen molar-refractivity contribution >= 4 is 23.0 Å². The minimum absolute atomic E-state index is 0.682. The lowest BCUT2D eigenvalue weighted by Crippen LogP contribution is -2.10. The third-order valence-electron chi connectivity index (χ3n) is 2.38. The third-order valence-corrected chi connectivity index (χ3v) is 3.25. The predicted octanol–water partition coefficient (Wildman–Crippen LogP) is 1.91. The fourth-order valence-corrected chi connectivity index (χ4v) is 2.10. The summed E-state index contributed by atoms with van der Waals surface area (Å²) in [4.78, 5) is 9.62. The molecular weight excluding hydrogens is 246 g/mol. The minimum atomic E-state index is 0.682. The minimum Gasteiger partial charge on any atom is -0.370 e. The summed E-state index contributed by atoms with van der Waals surface area (Å²) < 4.78 is 0. The number of nitrogens with zero attached hydrogens (tertiary/aromatic N) is 2. The molecule has 96 valence electrons. The van der Waals surface area contributed by atoms with Crippen LogP contribution in [0, 0.1) is 0 Å². The molecule has 0 aliphatic carbocycles. The van der Waals surface area contributed by atoms with Crippen molar-refractivity contribution in [2.75, 3.05) is 23.7 Å². The van der Waals surface area contributed by atoms with Gasteiger partial charge >= 0.3 is 0 Å². The van der Waals surface area contributed by atoms with Crippen molar-refractivity contribution in [2.45, 2.75) is 13.0 Å². The van der Waals surface area contributed by atoms with E-state index in [4.69, 9.17) is 5.73 Å². The molecule has 0 saturated heterocycles. The van der Waals surface area contributed by atoms with Crippen LogP contribution in [0.1, 0.15) is 11.3 Å². The van der Waals surface area contributed by atoms with Gasteiger partial charge in [-0.05, 0) is 24.4 Å². The molecule has 2 aromatic rings. The number of hydrogen-bond donors (Lipinski definition) is 3. The fourth-order valence-electron chi connectivity index (χ4n) is 1.46. The molecule has 0 amide bonds. The molecule has 0 radical (unpaired) electrons. The summed E-state index contributed by atoms with van der Waals surface area (Å²) in [7, 11) is 0. The van der Waals surface area contributed by atoms with Gasteiger partial charge in [0.1, 0.15) is 18.0 Å². The van der Waals surface area contributed by atoms with E-state index in [1.807, 2.05) is 12.1 Å². The van der Waals surface area contributed by atoms with Gasteiger partial charge in [0.25, 0.3) is 0 Å². The van der Waals surface area contributed by atoms with Crippen LogP contribution in [0.4, 0.5) is 11.6 Å². The SMILES string of the molecule is NCCCNc1cc(NCc2cccs2)ncn1. The van der Waals surface area contributed by atoms with E-state index >= 15 is 0 Å². The lowest BCUT2D eigenvalue weighted by atomic mass is 10.4. The molecule has 0 atom stereocenters. The summed E-state index contributed by atoms with van der Waals surface area (Å²) >= 11 is 1.73. The first-order chi connectivity index (χ1) is 8.88. The normalized spacial score (nSPS) is 10.3. The zero-order chi connectivity index (χ0) is 12.6. The summed E-state index contributed by atoms with van der Waals surface area (Å²) in [6.07, 6.45) is 2.49. The number of rotatable bonds is 7. The molecule has 0 aliphatic rings. The number of anilines is 2. The molecule has 0 saturated carbocycles. The maximum absolute atomic E-state index is 5.44. The summed E-state index contributed by atoms with van der Waals surface area (Å²) in [6.45, 7) is 2.30. The molecule has 0 unspecified atom stereocenters. The van der Waals surface area contributed by atoms with Crippen LogP contribution in [-0.4, -0.2) is 23.1 Å². The second kappa shape index (κ2) is 6.93. The first-order valence-electron chi connectivity index (χ1n) is 5.91. The van der Waals surface area contributed by atoms with Crippen molar-refractivity contribution in [3.05, 3.63) is 34.8 Å². The van der Waals surface area contributed by atoms with Crippen LogP contribution in [-0.2, 0) is 6.54 Å². The van der Waals surface area contributed by atoms with Crippen LogP contribution in [0.2, 0.25) is 0 Å². The molecule has 2 aromatic heterocycles. The van der Waals surface area contributed by atoms with Gasteiger partial charge in [-0.3, -0.25) is 0 Å². The highest BCUT2D eigenvalue weighted by molar-refractivity contribution is 7.09. The van der Waals surface area contributed by atoms with Crippen molar-refractivity contribution < 1.29 is 0 Å². The average molecular weight is 263 g/mol. The van der Waals surface area contributed by atoms with Crippen LogP contribution in [0.25, 0.3) is 0 Å². The van der Waals surface area contributed by atoms with Crippen molar-refractivity contribution in [2.24, 2.45) is 5.73 Å². The van der Waals surface area contributed by atoms with Gasteiger partial charge in [-0.2, -0.15) is 0 Å². The Bertz CT molecular complexity index is 457. The summed E-state index contributed by atoms with van der Waals surface area (Å²) in [5.74, 6) is 1.65. The molecule has 4 N–H and O–H groups in total. The average Bonchev–Trinajstić information content (AvgIpc) is 2.90. The Labute approximate surface area is 110 Å². The Hall–Kier alpha value is -1.66. The van der Waals surface area contributed by atoms with E-state index in [2.05, 4.69) is 32.0 Å². The zero-order valence-electron chi connectivity index (χ0n) is 10.1. The molecule has 0 aliphatic heterocycles. The second-order valence-electron chi connectivity index (χ2n) is 3.79. The van der Waals surface area contributed by atoms with Crippen molar-refractivity contribution in [3.8, 4) is 0 Å². The monoisotopic (exact) mass is 263 g/mol. The van der Waals surface area contributed by atoms with E-state index in [-0.39, 0.29) is 0 Å². The third kappa shape index (κ3) is 3.97. The van der Waals surface area contributed by atoms with Gasteiger partial charge in [0.2, 0.25) is 0 Å². The summed E-state index contributed by atoms with van der Waals surface area (Å²) in [6, 6.07) is 6.05. The molecule has 0 aromatic carbocycles. The topological polar surface area (TPSA) is 75.9 Å². The molecular formula is C12H17N5S. The van der Waals surface area contributed by atoms with E-state index in [1.165, 1.54) is 4.88 Å². The Kier molecular flexibility index (Phi) is 4.92. The lowest BCUT2D eigenvalue weighted by molar-refractivity contribution is 0.869. The Balaban J connectivity index is 1.86. The van der Waals surface area contributed by atoms with Gasteiger partial charge in [-0.25, -0.2) is 9.97 Å².